The number of carboxylic acid groups (broad SMARTS) is 1. The molecule has 0 aliphatic rings. The lowest BCUT2D eigenvalue weighted by molar-refractivity contribution is 0.0690. The monoisotopic (exact) mass is 270 g/mol. The third-order valence-electron chi connectivity index (χ3n) is 1.93. The Kier molecular flexibility index (Phi) is 2.36. The highest BCUT2D eigenvalue weighted by Crippen LogP contribution is 2.28. The number of furan rings is 1. The van der Waals surface area contributed by atoms with Crippen LogP contribution in [0.4, 0.5) is 0 Å². The van der Waals surface area contributed by atoms with E-state index in [-0.39, 0.29) is 5.69 Å². The zero-order chi connectivity index (χ0) is 11.0. The minimum atomic E-state index is -1.07. The van der Waals surface area contributed by atoms with E-state index in [2.05, 4.69) is 26.1 Å². The first-order valence-electron chi connectivity index (χ1n) is 4.13. The standard InChI is InChI=1S/C9H7BrN2O3/c1-4-2-7(10)15-8(4)5-3-6(9(13)14)12-11-5/h2-3H,1H3,(H,11,12)(H,13,14). The van der Waals surface area contributed by atoms with Crippen molar-refractivity contribution in [2.75, 3.05) is 0 Å². The Balaban J connectivity index is 2.45. The molecule has 0 fully saturated rings. The van der Waals surface area contributed by atoms with E-state index in [0.717, 1.165) is 5.56 Å². The highest BCUT2D eigenvalue weighted by atomic mass is 79.9. The molecule has 2 rings (SSSR count). The summed E-state index contributed by atoms with van der Waals surface area (Å²) in [6.45, 7) is 1.87. The van der Waals surface area contributed by atoms with Gasteiger partial charge < -0.3 is 9.52 Å². The Bertz CT molecular complexity index is 515. The number of H-pyrrole nitrogens is 1. The highest BCUT2D eigenvalue weighted by Gasteiger charge is 2.14. The van der Waals surface area contributed by atoms with Crippen LogP contribution in [0.15, 0.2) is 21.2 Å². The number of rotatable bonds is 2. The van der Waals surface area contributed by atoms with Crippen LogP contribution in [-0.2, 0) is 0 Å². The lowest BCUT2D eigenvalue weighted by Crippen LogP contribution is -1.95. The number of carbonyl (C=O) groups is 1. The topological polar surface area (TPSA) is 79.1 Å². The fourth-order valence-corrected chi connectivity index (χ4v) is 1.76. The van der Waals surface area contributed by atoms with Gasteiger partial charge in [-0.25, -0.2) is 4.79 Å². The van der Waals surface area contributed by atoms with Gasteiger partial charge in [-0.3, -0.25) is 5.10 Å². The van der Waals surface area contributed by atoms with Gasteiger partial charge in [0, 0.05) is 6.07 Å². The molecule has 0 aromatic carbocycles. The molecule has 2 heterocycles. The van der Waals surface area contributed by atoms with Crippen molar-refractivity contribution in [2.45, 2.75) is 6.92 Å². The zero-order valence-electron chi connectivity index (χ0n) is 7.74. The van der Waals surface area contributed by atoms with Crippen LogP contribution in [0.1, 0.15) is 16.1 Å². The average molecular weight is 271 g/mol. The first-order chi connectivity index (χ1) is 7.08. The molecule has 2 N–H and O–H groups in total. The third kappa shape index (κ3) is 1.80. The summed E-state index contributed by atoms with van der Waals surface area (Å²) in [5, 5.41) is 15.0. The third-order valence-corrected chi connectivity index (χ3v) is 2.32. The number of aromatic nitrogens is 2. The maximum Gasteiger partial charge on any atom is 0.356 e. The van der Waals surface area contributed by atoms with Gasteiger partial charge in [-0.2, -0.15) is 5.10 Å². The quantitative estimate of drug-likeness (QED) is 0.879. The van der Waals surface area contributed by atoms with Crippen LogP contribution in [0, 0.1) is 6.92 Å². The van der Waals surface area contributed by atoms with Gasteiger partial charge in [-0.1, -0.05) is 0 Å². The fraction of sp³-hybridized carbons (Fsp3) is 0.111. The Morgan fingerprint density at radius 3 is 2.80 bits per heavy atom. The second-order valence-electron chi connectivity index (χ2n) is 3.03. The molecule has 5 nitrogen and oxygen atoms in total. The minimum Gasteiger partial charge on any atom is -0.476 e. The number of aromatic amines is 1. The molecule has 0 aliphatic carbocycles. The second kappa shape index (κ2) is 3.54. The number of nitrogens with zero attached hydrogens (tertiary/aromatic N) is 1. The molecule has 0 aliphatic heterocycles. The molecule has 0 radical (unpaired) electrons. The number of hydrogen-bond acceptors (Lipinski definition) is 3. The number of nitrogens with one attached hydrogen (secondary N) is 1. The van der Waals surface area contributed by atoms with E-state index in [1.165, 1.54) is 6.07 Å². The molecular weight excluding hydrogens is 264 g/mol. The van der Waals surface area contributed by atoms with E-state index in [1.54, 1.807) is 6.07 Å². The Morgan fingerprint density at radius 1 is 1.60 bits per heavy atom. The Hall–Kier alpha value is -1.56. The maximum atomic E-state index is 10.6. The smallest absolute Gasteiger partial charge is 0.356 e. The van der Waals surface area contributed by atoms with E-state index in [1.807, 2.05) is 6.92 Å². The molecule has 78 valence electrons. The second-order valence-corrected chi connectivity index (χ2v) is 3.82. The lowest BCUT2D eigenvalue weighted by atomic mass is 10.2. The van der Waals surface area contributed by atoms with Crippen molar-refractivity contribution in [2.24, 2.45) is 0 Å². The van der Waals surface area contributed by atoms with Crippen LogP contribution in [-0.4, -0.2) is 21.3 Å². The number of halogens is 1. The number of carboxylic acids is 1. The van der Waals surface area contributed by atoms with Crippen molar-refractivity contribution in [1.29, 1.82) is 0 Å². The summed E-state index contributed by atoms with van der Waals surface area (Å²) in [7, 11) is 0. The normalized spacial score (nSPS) is 10.5. The van der Waals surface area contributed by atoms with Gasteiger partial charge >= 0.3 is 5.97 Å². The summed E-state index contributed by atoms with van der Waals surface area (Å²) in [5.41, 5.74) is 1.43. The van der Waals surface area contributed by atoms with E-state index in [9.17, 15) is 4.79 Å². The molecular formula is C9H7BrN2O3. The van der Waals surface area contributed by atoms with Crippen molar-refractivity contribution >= 4 is 21.9 Å². The summed E-state index contributed by atoms with van der Waals surface area (Å²) < 4.78 is 5.94. The van der Waals surface area contributed by atoms with Crippen LogP contribution in [0.3, 0.4) is 0 Å². The molecule has 0 saturated carbocycles. The lowest BCUT2D eigenvalue weighted by Gasteiger charge is -1.91. The summed E-state index contributed by atoms with van der Waals surface area (Å²) in [6, 6.07) is 3.23. The Labute approximate surface area is 93.2 Å². The molecule has 0 spiro atoms. The van der Waals surface area contributed by atoms with Crippen LogP contribution < -0.4 is 0 Å². The van der Waals surface area contributed by atoms with E-state index in [4.69, 9.17) is 9.52 Å². The van der Waals surface area contributed by atoms with Crippen LogP contribution >= 0.6 is 15.9 Å². The maximum absolute atomic E-state index is 10.6. The molecule has 6 heteroatoms. The average Bonchev–Trinajstić information content (AvgIpc) is 2.71. The molecule has 0 atom stereocenters. The van der Waals surface area contributed by atoms with Crippen molar-refractivity contribution in [3.8, 4) is 11.5 Å². The van der Waals surface area contributed by atoms with Crippen LogP contribution in [0.2, 0.25) is 0 Å². The van der Waals surface area contributed by atoms with Crippen LogP contribution in [0.5, 0.6) is 0 Å². The zero-order valence-corrected chi connectivity index (χ0v) is 9.33. The molecule has 15 heavy (non-hydrogen) atoms. The van der Waals surface area contributed by atoms with Gasteiger partial charge in [-0.05, 0) is 34.5 Å². The van der Waals surface area contributed by atoms with Crippen molar-refractivity contribution < 1.29 is 14.3 Å². The van der Waals surface area contributed by atoms with Gasteiger partial charge in [0.1, 0.15) is 5.69 Å². The van der Waals surface area contributed by atoms with Crippen LogP contribution in [0.25, 0.3) is 11.5 Å². The minimum absolute atomic E-state index is 0.0306. The Morgan fingerprint density at radius 2 is 2.33 bits per heavy atom. The highest BCUT2D eigenvalue weighted by molar-refractivity contribution is 9.10. The summed E-state index contributed by atoms with van der Waals surface area (Å²) in [4.78, 5) is 10.6. The van der Waals surface area contributed by atoms with Gasteiger partial charge in [0.25, 0.3) is 0 Å². The molecule has 0 amide bonds. The van der Waals surface area contributed by atoms with Crippen molar-refractivity contribution in [3.63, 3.8) is 0 Å². The molecule has 2 aromatic heterocycles. The fourth-order valence-electron chi connectivity index (χ4n) is 1.26. The first kappa shape index (κ1) is 9.97. The number of aromatic carboxylic acids is 1. The molecule has 0 bridgehead atoms. The molecule has 0 saturated heterocycles. The molecule has 0 unspecified atom stereocenters. The SMILES string of the molecule is Cc1cc(Br)oc1-c1cc(C(=O)O)n[nH]1. The first-order valence-corrected chi connectivity index (χ1v) is 4.92. The summed E-state index contributed by atoms with van der Waals surface area (Å²) in [5.74, 6) is -0.484. The van der Waals surface area contributed by atoms with Crippen molar-refractivity contribution in [3.05, 3.63) is 28.1 Å². The predicted molar refractivity (Wildman–Crippen MR) is 55.7 cm³/mol. The summed E-state index contributed by atoms with van der Waals surface area (Å²) >= 11 is 3.20. The number of aryl methyl sites for hydroxylation is 1. The van der Waals surface area contributed by atoms with Crippen molar-refractivity contribution in [1.82, 2.24) is 10.2 Å². The van der Waals surface area contributed by atoms with Gasteiger partial charge in [0.05, 0.1) is 0 Å². The van der Waals surface area contributed by atoms with E-state index < -0.39 is 5.97 Å². The summed E-state index contributed by atoms with van der Waals surface area (Å²) in [6.07, 6.45) is 0. The van der Waals surface area contributed by atoms with E-state index >= 15 is 0 Å². The number of hydrogen-bond donors (Lipinski definition) is 2. The molecule has 2 aromatic rings. The van der Waals surface area contributed by atoms with E-state index in [0.29, 0.717) is 16.1 Å². The largest absolute Gasteiger partial charge is 0.476 e. The van der Waals surface area contributed by atoms with Gasteiger partial charge in [-0.15, -0.1) is 0 Å². The predicted octanol–water partition coefficient (Wildman–Crippen LogP) is 2.44. The van der Waals surface area contributed by atoms with Gasteiger partial charge in [0.2, 0.25) is 0 Å². The van der Waals surface area contributed by atoms with Gasteiger partial charge in [0.15, 0.2) is 16.1 Å².